The Balaban J connectivity index is 1.31. The summed E-state index contributed by atoms with van der Waals surface area (Å²) in [5.74, 6) is 1.16. The highest BCUT2D eigenvalue weighted by Crippen LogP contribution is 2.31. The van der Waals surface area contributed by atoms with Gasteiger partial charge in [-0.3, -0.25) is 14.7 Å². The third kappa shape index (κ3) is 7.71. The highest BCUT2D eigenvalue weighted by molar-refractivity contribution is 6.08. The predicted octanol–water partition coefficient (Wildman–Crippen LogP) is 6.50. The lowest BCUT2D eigenvalue weighted by molar-refractivity contribution is -0.117. The molecule has 1 aliphatic rings. The molecule has 4 aromatic rings. The number of amides is 1. The smallest absolute Gasteiger partial charge is 0.239 e. The Bertz CT molecular complexity index is 1680. The maximum Gasteiger partial charge on any atom is 0.239 e. The monoisotopic (exact) mass is 594 g/mol. The molecule has 1 atom stereocenters. The number of pyridine rings is 2. The average molecular weight is 595 g/mol. The summed E-state index contributed by atoms with van der Waals surface area (Å²) in [5.41, 5.74) is 4.15. The van der Waals surface area contributed by atoms with Crippen LogP contribution in [0.1, 0.15) is 25.3 Å². The Hall–Kier alpha value is -4.93. The number of hydrogen-bond acceptors (Lipinski definition) is 7. The fourth-order valence-corrected chi connectivity index (χ4v) is 4.95. The molecule has 3 heterocycles. The lowest BCUT2D eigenvalue weighted by Gasteiger charge is -2.21. The maximum absolute atomic E-state index is 14.9. The fourth-order valence-electron chi connectivity index (χ4n) is 4.95. The van der Waals surface area contributed by atoms with Crippen LogP contribution in [0.4, 0.5) is 21.6 Å². The second-order valence-corrected chi connectivity index (χ2v) is 10.7. The summed E-state index contributed by atoms with van der Waals surface area (Å²) < 4.78 is 21.0. The molecular formula is C34H35FN6O3. The minimum atomic E-state index is -0.417. The average Bonchev–Trinajstić information content (AvgIpc) is 3.46. The van der Waals surface area contributed by atoms with Gasteiger partial charge in [-0.15, -0.1) is 0 Å². The number of amidine groups is 1. The zero-order valence-electron chi connectivity index (χ0n) is 24.8. The number of aryl methyl sites for hydroxylation is 1. The SMILES string of the molecule is C=C(C)C(=Nc1cc(Oc2ccnc(NC(=O)CN3CCC[C@H]3CO)c2)ccc1C)Nc1cc(-c2ccncc2)ccc1F. The summed E-state index contributed by atoms with van der Waals surface area (Å²) >= 11 is 0. The molecule has 2 aromatic carbocycles. The van der Waals surface area contributed by atoms with Crippen molar-refractivity contribution in [3.05, 3.63) is 103 Å². The van der Waals surface area contributed by atoms with Crippen LogP contribution >= 0.6 is 0 Å². The van der Waals surface area contributed by atoms with E-state index in [1.165, 1.54) is 6.07 Å². The van der Waals surface area contributed by atoms with Crippen LogP contribution in [0, 0.1) is 12.7 Å². The molecular weight excluding hydrogens is 559 g/mol. The molecule has 0 spiro atoms. The van der Waals surface area contributed by atoms with Gasteiger partial charge >= 0.3 is 0 Å². The molecule has 0 radical (unpaired) electrons. The number of likely N-dealkylation sites (tertiary alicyclic amines) is 1. The van der Waals surface area contributed by atoms with E-state index >= 15 is 0 Å². The Morgan fingerprint density at radius 3 is 2.64 bits per heavy atom. The van der Waals surface area contributed by atoms with E-state index in [0.29, 0.717) is 34.4 Å². The fraction of sp³-hybridized carbons (Fsp3) is 0.235. The quantitative estimate of drug-likeness (QED) is 0.142. The van der Waals surface area contributed by atoms with Crippen molar-refractivity contribution in [3.8, 4) is 22.6 Å². The topological polar surface area (TPSA) is 112 Å². The first-order chi connectivity index (χ1) is 21.3. The Kier molecular flexibility index (Phi) is 9.73. The number of aliphatic imine (C=N–C) groups is 1. The summed E-state index contributed by atoms with van der Waals surface area (Å²) in [5, 5.41) is 15.4. The van der Waals surface area contributed by atoms with E-state index in [1.54, 1.807) is 55.8 Å². The summed E-state index contributed by atoms with van der Waals surface area (Å²) in [6.45, 7) is 8.77. The summed E-state index contributed by atoms with van der Waals surface area (Å²) in [6.07, 6.45) is 6.78. The number of aliphatic hydroxyl groups excluding tert-OH is 1. The van der Waals surface area contributed by atoms with E-state index in [4.69, 9.17) is 9.73 Å². The number of halogens is 1. The third-order valence-corrected chi connectivity index (χ3v) is 7.34. The molecule has 0 bridgehead atoms. The summed E-state index contributed by atoms with van der Waals surface area (Å²) in [7, 11) is 0. The standard InChI is InChI=1S/C34H35FN6O3/c1-22(2)34(39-31-17-25(7-9-29(31)35)24-10-13-36-14-11-24)38-30-18-27(8-6-23(30)3)44-28-12-15-37-32(19-28)40-33(43)20-41-16-4-5-26(41)21-42/h6-15,17-19,26,42H,1,4-5,16,20-21H2,2-3H3,(H,38,39)(H,37,40,43)/t26-/m0/s1. The van der Waals surface area contributed by atoms with E-state index < -0.39 is 5.82 Å². The number of aliphatic hydroxyl groups is 1. The summed E-state index contributed by atoms with van der Waals surface area (Å²) in [4.78, 5) is 27.7. The lowest BCUT2D eigenvalue weighted by atomic mass is 10.1. The van der Waals surface area contributed by atoms with Gasteiger partial charge in [-0.1, -0.05) is 18.7 Å². The van der Waals surface area contributed by atoms with Gasteiger partial charge in [-0.25, -0.2) is 14.4 Å². The van der Waals surface area contributed by atoms with Crippen LogP contribution in [0.25, 0.3) is 11.1 Å². The van der Waals surface area contributed by atoms with E-state index in [2.05, 4.69) is 27.2 Å². The lowest BCUT2D eigenvalue weighted by Crippen LogP contribution is -2.38. The predicted molar refractivity (Wildman–Crippen MR) is 171 cm³/mol. The highest BCUT2D eigenvalue weighted by Gasteiger charge is 2.25. The minimum absolute atomic E-state index is 0.0126. The van der Waals surface area contributed by atoms with Crippen LogP contribution in [0.2, 0.25) is 0 Å². The van der Waals surface area contributed by atoms with E-state index in [9.17, 15) is 14.3 Å². The van der Waals surface area contributed by atoms with E-state index in [-0.39, 0.29) is 30.8 Å². The van der Waals surface area contributed by atoms with Gasteiger partial charge in [-0.05, 0) is 91.9 Å². The molecule has 1 fully saturated rings. The normalized spacial score (nSPS) is 15.2. The van der Waals surface area contributed by atoms with E-state index in [1.807, 2.05) is 36.1 Å². The van der Waals surface area contributed by atoms with Gasteiger partial charge in [0.2, 0.25) is 5.91 Å². The number of nitrogens with zero attached hydrogens (tertiary/aromatic N) is 4. The van der Waals surface area contributed by atoms with Crippen molar-refractivity contribution in [2.45, 2.75) is 32.7 Å². The van der Waals surface area contributed by atoms with Crippen molar-refractivity contribution in [2.24, 2.45) is 4.99 Å². The van der Waals surface area contributed by atoms with Gasteiger partial charge in [0.15, 0.2) is 0 Å². The number of rotatable bonds is 10. The van der Waals surface area contributed by atoms with Gasteiger partial charge in [0.1, 0.15) is 29.0 Å². The Labute approximate surface area is 256 Å². The zero-order chi connectivity index (χ0) is 31.1. The molecule has 226 valence electrons. The zero-order valence-corrected chi connectivity index (χ0v) is 24.8. The molecule has 1 amide bonds. The molecule has 1 saturated heterocycles. The van der Waals surface area contributed by atoms with Gasteiger partial charge in [-0.2, -0.15) is 0 Å². The largest absolute Gasteiger partial charge is 0.457 e. The number of nitrogens with one attached hydrogen (secondary N) is 2. The van der Waals surface area contributed by atoms with Gasteiger partial charge in [0.05, 0.1) is 24.5 Å². The Morgan fingerprint density at radius 1 is 1.07 bits per heavy atom. The molecule has 0 saturated carbocycles. The second-order valence-electron chi connectivity index (χ2n) is 10.7. The third-order valence-electron chi connectivity index (χ3n) is 7.34. The number of aromatic nitrogens is 2. The van der Waals surface area contributed by atoms with Gasteiger partial charge in [0, 0.05) is 36.8 Å². The molecule has 2 aromatic heterocycles. The first-order valence-corrected chi connectivity index (χ1v) is 14.4. The van der Waals surface area contributed by atoms with Crippen LogP contribution in [0.3, 0.4) is 0 Å². The molecule has 0 unspecified atom stereocenters. The van der Waals surface area contributed by atoms with Crippen molar-refractivity contribution in [2.75, 3.05) is 30.3 Å². The van der Waals surface area contributed by atoms with Crippen LogP contribution in [-0.2, 0) is 4.79 Å². The van der Waals surface area contributed by atoms with Gasteiger partial charge < -0.3 is 20.5 Å². The molecule has 9 nitrogen and oxygen atoms in total. The van der Waals surface area contributed by atoms with Crippen LogP contribution in [0.5, 0.6) is 11.5 Å². The van der Waals surface area contributed by atoms with Crippen LogP contribution < -0.4 is 15.4 Å². The number of carbonyl (C=O) groups is 1. The molecule has 10 heteroatoms. The van der Waals surface area contributed by atoms with Crippen molar-refractivity contribution in [1.29, 1.82) is 0 Å². The molecule has 5 rings (SSSR count). The number of anilines is 2. The van der Waals surface area contributed by atoms with Crippen molar-refractivity contribution in [3.63, 3.8) is 0 Å². The molecule has 1 aliphatic heterocycles. The number of benzene rings is 2. The van der Waals surface area contributed by atoms with Crippen LogP contribution in [-0.4, -0.2) is 57.5 Å². The number of ether oxygens (including phenoxy) is 1. The van der Waals surface area contributed by atoms with Crippen LogP contribution in [0.15, 0.2) is 96.4 Å². The Morgan fingerprint density at radius 2 is 1.86 bits per heavy atom. The minimum Gasteiger partial charge on any atom is -0.457 e. The van der Waals surface area contributed by atoms with Crippen molar-refractivity contribution in [1.82, 2.24) is 14.9 Å². The number of hydrogen-bond donors (Lipinski definition) is 3. The molecule has 0 aliphatic carbocycles. The molecule has 3 N–H and O–H groups in total. The first kappa shape index (κ1) is 30.5. The second kappa shape index (κ2) is 14.0. The van der Waals surface area contributed by atoms with Gasteiger partial charge in [0.25, 0.3) is 0 Å². The van der Waals surface area contributed by atoms with Crippen molar-refractivity contribution >= 4 is 28.9 Å². The highest BCUT2D eigenvalue weighted by atomic mass is 19.1. The number of carbonyl (C=O) groups excluding carboxylic acids is 1. The summed E-state index contributed by atoms with van der Waals surface area (Å²) in [6, 6.07) is 17.4. The molecule has 44 heavy (non-hydrogen) atoms. The van der Waals surface area contributed by atoms with E-state index in [0.717, 1.165) is 36.1 Å². The van der Waals surface area contributed by atoms with Crippen molar-refractivity contribution < 1.29 is 19.0 Å². The first-order valence-electron chi connectivity index (χ1n) is 14.4. The maximum atomic E-state index is 14.9.